The summed E-state index contributed by atoms with van der Waals surface area (Å²) in [7, 11) is -2.51. The molecule has 3 N–H and O–H groups in total. The van der Waals surface area contributed by atoms with E-state index in [0.29, 0.717) is 61.5 Å². The summed E-state index contributed by atoms with van der Waals surface area (Å²) in [6, 6.07) is 13.7. The quantitative estimate of drug-likeness (QED) is 0.337. The summed E-state index contributed by atoms with van der Waals surface area (Å²) in [5.41, 5.74) is 1.98. The lowest BCUT2D eigenvalue weighted by Crippen LogP contribution is -2.42. The Morgan fingerprint density at radius 2 is 1.71 bits per heavy atom. The standard InChI is InChI=1S/C30H33F2N5O3S/c31-25-6-3-7-26(32)28(25)37-18-24(20-8-10-21(11-9-20)36-14-16-41(39,40)17-15-36)27(35-37)22-4-1-2-5-23(22)29(38)34-30(19-33)12-13-30/h3,6-11,18,22-23,39-40H,1-2,4-5,12-17H2,(H,34,38)/t22-,23-/m1/s1. The van der Waals surface area contributed by atoms with E-state index in [1.165, 1.54) is 22.9 Å². The van der Waals surface area contributed by atoms with Gasteiger partial charge in [-0.1, -0.05) is 31.0 Å². The first-order valence-corrected chi connectivity index (χ1v) is 15.9. The maximum Gasteiger partial charge on any atom is 0.225 e. The van der Waals surface area contributed by atoms with E-state index in [4.69, 9.17) is 5.10 Å². The molecule has 1 aromatic heterocycles. The molecule has 1 aliphatic heterocycles. The zero-order valence-electron chi connectivity index (χ0n) is 22.6. The summed E-state index contributed by atoms with van der Waals surface area (Å²) >= 11 is 0. The molecule has 3 aromatic rings. The maximum atomic E-state index is 14.8. The third-order valence-electron chi connectivity index (χ3n) is 8.61. The summed E-state index contributed by atoms with van der Waals surface area (Å²) in [6.07, 6.45) is 6.02. The third kappa shape index (κ3) is 5.56. The van der Waals surface area contributed by atoms with Crippen molar-refractivity contribution in [1.29, 1.82) is 5.26 Å². The molecule has 2 aromatic carbocycles. The van der Waals surface area contributed by atoms with E-state index in [-0.39, 0.29) is 17.5 Å². The highest BCUT2D eigenvalue weighted by Crippen LogP contribution is 2.44. The molecule has 2 saturated carbocycles. The number of aromatic nitrogens is 2. The van der Waals surface area contributed by atoms with Gasteiger partial charge in [0, 0.05) is 42.4 Å². The van der Waals surface area contributed by atoms with Crippen LogP contribution in [-0.2, 0) is 4.79 Å². The number of nitriles is 1. The second-order valence-corrected chi connectivity index (χ2v) is 13.8. The highest BCUT2D eigenvalue weighted by molar-refractivity contribution is 8.24. The second-order valence-electron chi connectivity index (χ2n) is 11.4. The molecule has 0 spiro atoms. The fourth-order valence-electron chi connectivity index (χ4n) is 6.03. The average Bonchev–Trinajstić information content (AvgIpc) is 3.61. The van der Waals surface area contributed by atoms with Gasteiger partial charge < -0.3 is 10.2 Å². The number of carbonyl (C=O) groups is 1. The number of nitrogens with one attached hydrogen (secondary N) is 1. The number of rotatable bonds is 6. The number of halogens is 2. The van der Waals surface area contributed by atoms with Crippen LogP contribution < -0.4 is 10.2 Å². The van der Waals surface area contributed by atoms with Crippen molar-refractivity contribution in [2.45, 2.75) is 50.0 Å². The van der Waals surface area contributed by atoms with E-state index >= 15 is 0 Å². The molecular formula is C30H33F2N5O3S. The highest BCUT2D eigenvalue weighted by atomic mass is 32.3. The predicted molar refractivity (Wildman–Crippen MR) is 154 cm³/mol. The Labute approximate surface area is 239 Å². The van der Waals surface area contributed by atoms with Crippen molar-refractivity contribution >= 4 is 22.2 Å². The fourth-order valence-corrected chi connectivity index (χ4v) is 7.26. The molecule has 3 aliphatic rings. The summed E-state index contributed by atoms with van der Waals surface area (Å²) in [5.74, 6) is -1.67. The summed E-state index contributed by atoms with van der Waals surface area (Å²) in [6.45, 7) is 1.08. The molecule has 8 nitrogen and oxygen atoms in total. The first-order chi connectivity index (χ1) is 19.7. The molecule has 11 heteroatoms. The molecule has 1 saturated heterocycles. The molecule has 41 heavy (non-hydrogen) atoms. The van der Waals surface area contributed by atoms with E-state index in [9.17, 15) is 27.9 Å². The van der Waals surface area contributed by atoms with Crippen LogP contribution in [0.25, 0.3) is 16.8 Å². The predicted octanol–water partition coefficient (Wildman–Crippen LogP) is 5.83. The Morgan fingerprint density at radius 3 is 2.34 bits per heavy atom. The van der Waals surface area contributed by atoms with Gasteiger partial charge in [-0.05, 0) is 55.5 Å². The minimum atomic E-state index is -2.51. The van der Waals surface area contributed by atoms with Crippen LogP contribution in [0.2, 0.25) is 0 Å². The van der Waals surface area contributed by atoms with Crippen molar-refractivity contribution in [2.24, 2.45) is 5.92 Å². The van der Waals surface area contributed by atoms with Gasteiger partial charge in [0.05, 0.1) is 23.3 Å². The maximum absolute atomic E-state index is 14.8. The smallest absolute Gasteiger partial charge is 0.225 e. The van der Waals surface area contributed by atoms with Crippen LogP contribution in [0, 0.1) is 28.9 Å². The first kappa shape index (κ1) is 27.7. The highest BCUT2D eigenvalue weighted by Gasteiger charge is 2.47. The Bertz CT molecular complexity index is 1470. The number of amides is 1. The van der Waals surface area contributed by atoms with Crippen molar-refractivity contribution in [3.8, 4) is 22.9 Å². The molecule has 0 bridgehead atoms. The monoisotopic (exact) mass is 581 g/mol. The van der Waals surface area contributed by atoms with E-state index in [0.717, 1.165) is 24.1 Å². The SMILES string of the molecule is N#CC1(NC(=O)[C@@H]2CCCC[C@H]2c2nn(-c3c(F)cccc3F)cc2-c2ccc(N3CCS(O)(O)CC3)cc2)CC1. The van der Waals surface area contributed by atoms with Crippen molar-refractivity contribution in [3.05, 3.63) is 66.0 Å². The topological polar surface area (TPSA) is 114 Å². The van der Waals surface area contributed by atoms with Crippen molar-refractivity contribution in [3.63, 3.8) is 0 Å². The normalized spacial score (nSPS) is 23.8. The third-order valence-corrected chi connectivity index (χ3v) is 10.3. The lowest BCUT2D eigenvalue weighted by molar-refractivity contribution is -0.127. The van der Waals surface area contributed by atoms with Gasteiger partial charge in [-0.2, -0.15) is 21.0 Å². The first-order valence-electron chi connectivity index (χ1n) is 14.0. The van der Waals surface area contributed by atoms with Gasteiger partial charge in [-0.15, -0.1) is 0 Å². The zero-order chi connectivity index (χ0) is 28.8. The number of carbonyl (C=O) groups excluding carboxylic acids is 1. The van der Waals surface area contributed by atoms with E-state index < -0.39 is 33.7 Å². The minimum Gasteiger partial charge on any atom is -0.368 e. The van der Waals surface area contributed by atoms with Gasteiger partial charge in [-0.25, -0.2) is 13.5 Å². The van der Waals surface area contributed by atoms with Gasteiger partial charge in [-0.3, -0.25) is 13.9 Å². The molecule has 0 radical (unpaired) electrons. The Hall–Kier alpha value is -3.46. The summed E-state index contributed by atoms with van der Waals surface area (Å²) in [4.78, 5) is 15.5. The Morgan fingerprint density at radius 1 is 1.05 bits per heavy atom. The van der Waals surface area contributed by atoms with Crippen LogP contribution in [0.15, 0.2) is 48.7 Å². The molecule has 2 aliphatic carbocycles. The number of anilines is 1. The van der Waals surface area contributed by atoms with E-state index in [1.54, 1.807) is 6.20 Å². The molecule has 2 heterocycles. The largest absolute Gasteiger partial charge is 0.368 e. The van der Waals surface area contributed by atoms with Crippen LogP contribution in [0.5, 0.6) is 0 Å². The molecule has 6 rings (SSSR count). The van der Waals surface area contributed by atoms with Gasteiger partial charge >= 0.3 is 0 Å². The van der Waals surface area contributed by atoms with Gasteiger partial charge in [0.15, 0.2) is 11.6 Å². The van der Waals surface area contributed by atoms with E-state index in [2.05, 4.69) is 16.3 Å². The van der Waals surface area contributed by atoms with Gasteiger partial charge in [0.1, 0.15) is 11.2 Å². The number of hydrogen-bond acceptors (Lipinski definition) is 6. The van der Waals surface area contributed by atoms with Gasteiger partial charge in [0.25, 0.3) is 0 Å². The second kappa shape index (κ2) is 10.7. The summed E-state index contributed by atoms with van der Waals surface area (Å²) in [5, 5.41) is 17.2. The molecular weight excluding hydrogens is 548 g/mol. The molecule has 2 atom stereocenters. The van der Waals surface area contributed by atoms with Gasteiger partial charge in [0.2, 0.25) is 5.91 Å². The lowest BCUT2D eigenvalue weighted by atomic mass is 9.75. The number of benzene rings is 2. The average molecular weight is 582 g/mol. The van der Waals surface area contributed by atoms with Crippen molar-refractivity contribution in [1.82, 2.24) is 15.1 Å². The van der Waals surface area contributed by atoms with Crippen molar-refractivity contribution < 1.29 is 22.7 Å². The van der Waals surface area contributed by atoms with Crippen LogP contribution in [-0.4, -0.2) is 54.9 Å². The van der Waals surface area contributed by atoms with Crippen LogP contribution in [0.1, 0.15) is 50.1 Å². The number of nitrogens with zero attached hydrogens (tertiary/aromatic N) is 4. The number of hydrogen-bond donors (Lipinski definition) is 3. The fraction of sp³-hybridized carbons (Fsp3) is 0.433. The van der Waals surface area contributed by atoms with Crippen molar-refractivity contribution in [2.75, 3.05) is 29.5 Å². The zero-order valence-corrected chi connectivity index (χ0v) is 23.4. The minimum absolute atomic E-state index is 0.169. The van der Waals surface area contributed by atoms with E-state index in [1.807, 2.05) is 24.3 Å². The Kier molecular flexibility index (Phi) is 7.26. The Balaban J connectivity index is 1.37. The van der Waals surface area contributed by atoms with Crippen LogP contribution in [0.3, 0.4) is 0 Å². The van der Waals surface area contributed by atoms with Crippen LogP contribution in [0.4, 0.5) is 14.5 Å². The lowest BCUT2D eigenvalue weighted by Gasteiger charge is -2.41. The molecule has 1 amide bonds. The molecule has 3 fully saturated rings. The number of para-hydroxylation sites is 1. The molecule has 0 unspecified atom stereocenters. The van der Waals surface area contributed by atoms with Crippen LogP contribution >= 0.6 is 10.6 Å². The molecule has 216 valence electrons. The summed E-state index contributed by atoms with van der Waals surface area (Å²) < 4.78 is 50.8.